The fourth-order valence-electron chi connectivity index (χ4n) is 4.30. The summed E-state index contributed by atoms with van der Waals surface area (Å²) in [6.07, 6.45) is 3.42. The molecule has 0 spiro atoms. The topological polar surface area (TPSA) is 65.8 Å². The summed E-state index contributed by atoms with van der Waals surface area (Å²) in [7, 11) is 0. The number of benzene rings is 3. The van der Waals surface area contributed by atoms with Gasteiger partial charge in [-0.25, -0.2) is 4.39 Å². The zero-order valence-corrected chi connectivity index (χ0v) is 22.3. The van der Waals surface area contributed by atoms with Crippen LogP contribution in [0.5, 0.6) is 0 Å². The normalized spacial score (nSPS) is 13.6. The summed E-state index contributed by atoms with van der Waals surface area (Å²) in [6.45, 7) is 2.43. The quantitative estimate of drug-likeness (QED) is 0.256. The number of piperazine rings is 1. The number of carbonyl (C=O) groups excluding carboxylic acids is 2. The monoisotopic (exact) mass is 563 g/mol. The summed E-state index contributed by atoms with van der Waals surface area (Å²) in [4.78, 5) is 29.2. The Bertz CT molecular complexity index is 1530. The van der Waals surface area contributed by atoms with Gasteiger partial charge in [0.15, 0.2) is 5.76 Å². The van der Waals surface area contributed by atoms with Crippen LogP contribution in [0.1, 0.15) is 16.1 Å². The first-order valence-electron chi connectivity index (χ1n) is 12.3. The highest BCUT2D eigenvalue weighted by atomic mass is 35.5. The fourth-order valence-corrected chi connectivity index (χ4v) is 4.78. The predicted octanol–water partition coefficient (Wildman–Crippen LogP) is 7.01. The van der Waals surface area contributed by atoms with Gasteiger partial charge in [0.1, 0.15) is 11.6 Å². The van der Waals surface area contributed by atoms with Crippen molar-refractivity contribution in [2.45, 2.75) is 0 Å². The summed E-state index contributed by atoms with van der Waals surface area (Å²) >= 11 is 12.4. The van der Waals surface area contributed by atoms with Crippen LogP contribution < -0.4 is 10.2 Å². The van der Waals surface area contributed by atoms with E-state index < -0.39 is 11.7 Å². The molecule has 1 aliphatic rings. The highest BCUT2D eigenvalue weighted by Gasteiger charge is 2.22. The molecule has 198 valence electrons. The van der Waals surface area contributed by atoms with Crippen LogP contribution in [0.15, 0.2) is 89.4 Å². The molecule has 3 aromatic carbocycles. The Hall–Kier alpha value is -4.07. The van der Waals surface area contributed by atoms with E-state index in [1.165, 1.54) is 24.3 Å². The first kappa shape index (κ1) is 26.5. The van der Waals surface area contributed by atoms with E-state index in [2.05, 4.69) is 10.2 Å². The van der Waals surface area contributed by atoms with E-state index in [0.29, 0.717) is 48.2 Å². The SMILES string of the molecule is O=C(Nc1ccc(N2CCN(C(=O)/C=C/c3ccccc3)CC2)c(Cl)c1)c1ccc(-c2ccc(F)c(Cl)c2)o1. The first-order chi connectivity index (χ1) is 18.9. The number of anilines is 2. The molecule has 0 atom stereocenters. The lowest BCUT2D eigenvalue weighted by molar-refractivity contribution is -0.126. The van der Waals surface area contributed by atoms with Gasteiger partial charge in [0.05, 0.1) is 15.7 Å². The van der Waals surface area contributed by atoms with Crippen LogP contribution in [-0.2, 0) is 4.79 Å². The van der Waals surface area contributed by atoms with Gasteiger partial charge in [0, 0.05) is 43.5 Å². The van der Waals surface area contributed by atoms with Crippen molar-refractivity contribution >= 4 is 52.5 Å². The highest BCUT2D eigenvalue weighted by Crippen LogP contribution is 2.31. The molecule has 39 heavy (non-hydrogen) atoms. The van der Waals surface area contributed by atoms with Gasteiger partial charge in [0.25, 0.3) is 5.91 Å². The molecule has 9 heteroatoms. The molecule has 6 nitrogen and oxygen atoms in total. The predicted molar refractivity (Wildman–Crippen MR) is 153 cm³/mol. The number of hydrogen-bond acceptors (Lipinski definition) is 4. The van der Waals surface area contributed by atoms with Gasteiger partial charge in [-0.2, -0.15) is 0 Å². The van der Waals surface area contributed by atoms with Gasteiger partial charge in [-0.1, -0.05) is 53.5 Å². The van der Waals surface area contributed by atoms with Gasteiger partial charge >= 0.3 is 0 Å². The van der Waals surface area contributed by atoms with E-state index >= 15 is 0 Å². The van der Waals surface area contributed by atoms with Crippen LogP contribution >= 0.6 is 23.2 Å². The Balaban J connectivity index is 1.17. The maximum absolute atomic E-state index is 13.4. The third-order valence-corrected chi connectivity index (χ3v) is 6.98. The molecule has 0 aliphatic carbocycles. The zero-order valence-electron chi connectivity index (χ0n) is 20.7. The third-order valence-electron chi connectivity index (χ3n) is 6.39. The van der Waals surface area contributed by atoms with Crippen LogP contribution in [0.4, 0.5) is 15.8 Å². The van der Waals surface area contributed by atoms with E-state index in [1.807, 2.05) is 47.4 Å². The molecule has 1 N–H and O–H groups in total. The maximum Gasteiger partial charge on any atom is 0.291 e. The van der Waals surface area contributed by atoms with Gasteiger partial charge < -0.3 is 19.5 Å². The zero-order chi connectivity index (χ0) is 27.4. The molecule has 0 unspecified atom stereocenters. The number of rotatable bonds is 6. The van der Waals surface area contributed by atoms with E-state index in [1.54, 1.807) is 24.3 Å². The number of nitrogens with zero attached hydrogens (tertiary/aromatic N) is 2. The number of furan rings is 1. The maximum atomic E-state index is 13.4. The number of halogens is 3. The van der Waals surface area contributed by atoms with Crippen LogP contribution in [-0.4, -0.2) is 42.9 Å². The van der Waals surface area contributed by atoms with Crippen molar-refractivity contribution in [3.8, 4) is 11.3 Å². The molecule has 2 amide bonds. The van der Waals surface area contributed by atoms with Crippen molar-refractivity contribution in [3.63, 3.8) is 0 Å². The molecule has 0 radical (unpaired) electrons. The second-order valence-corrected chi connectivity index (χ2v) is 9.78. The third kappa shape index (κ3) is 6.33. The van der Waals surface area contributed by atoms with Crippen molar-refractivity contribution < 1.29 is 18.4 Å². The summed E-state index contributed by atoms with van der Waals surface area (Å²) in [5.41, 5.74) is 2.88. The van der Waals surface area contributed by atoms with Gasteiger partial charge in [0.2, 0.25) is 5.91 Å². The van der Waals surface area contributed by atoms with Gasteiger partial charge in [-0.15, -0.1) is 0 Å². The molecular weight excluding hydrogens is 540 g/mol. The van der Waals surface area contributed by atoms with Gasteiger partial charge in [-0.05, 0) is 60.2 Å². The standard InChI is InChI=1S/C30H24Cl2FN3O3/c31-23-18-21(7-9-25(23)33)27-11-12-28(39-27)30(38)34-22-8-10-26(24(32)19-22)35-14-16-36(17-15-35)29(37)13-6-20-4-2-1-3-5-20/h1-13,18-19H,14-17H2,(H,34,38)/b13-6+. The van der Waals surface area contributed by atoms with Crippen molar-refractivity contribution in [1.82, 2.24) is 4.90 Å². The number of carbonyl (C=O) groups is 2. The summed E-state index contributed by atoms with van der Waals surface area (Å²) < 4.78 is 19.1. The lowest BCUT2D eigenvalue weighted by atomic mass is 10.2. The first-order valence-corrected chi connectivity index (χ1v) is 13.1. The summed E-state index contributed by atoms with van der Waals surface area (Å²) in [6, 6.07) is 22.4. The van der Waals surface area contributed by atoms with Crippen LogP contribution in [0.25, 0.3) is 17.4 Å². The van der Waals surface area contributed by atoms with Crippen LogP contribution in [0.3, 0.4) is 0 Å². The van der Waals surface area contributed by atoms with Crippen molar-refractivity contribution in [1.29, 1.82) is 0 Å². The molecule has 1 aliphatic heterocycles. The van der Waals surface area contributed by atoms with Crippen LogP contribution in [0.2, 0.25) is 10.0 Å². The molecule has 0 saturated carbocycles. The Labute approximate surface area is 235 Å². The fraction of sp³-hybridized carbons (Fsp3) is 0.133. The molecule has 1 fully saturated rings. The average molecular weight is 564 g/mol. The number of amides is 2. The highest BCUT2D eigenvalue weighted by molar-refractivity contribution is 6.33. The largest absolute Gasteiger partial charge is 0.451 e. The van der Waals surface area contributed by atoms with Gasteiger partial charge in [-0.3, -0.25) is 9.59 Å². The summed E-state index contributed by atoms with van der Waals surface area (Å²) in [5.74, 6) is -0.520. The minimum atomic E-state index is -0.531. The second-order valence-electron chi connectivity index (χ2n) is 8.97. The van der Waals surface area contributed by atoms with Crippen molar-refractivity contribution in [2.24, 2.45) is 0 Å². The van der Waals surface area contributed by atoms with Crippen molar-refractivity contribution in [2.75, 3.05) is 36.4 Å². The average Bonchev–Trinajstić information content (AvgIpc) is 3.45. The Morgan fingerprint density at radius 3 is 2.36 bits per heavy atom. The molecular formula is C30H24Cl2FN3O3. The Morgan fingerprint density at radius 1 is 0.872 bits per heavy atom. The minimum absolute atomic E-state index is 0.0220. The minimum Gasteiger partial charge on any atom is -0.451 e. The molecule has 0 bridgehead atoms. The van der Waals surface area contributed by atoms with E-state index in [9.17, 15) is 14.0 Å². The Morgan fingerprint density at radius 2 is 1.64 bits per heavy atom. The Kier molecular flexibility index (Phi) is 8.00. The lowest BCUT2D eigenvalue weighted by Crippen LogP contribution is -2.48. The van der Waals surface area contributed by atoms with Crippen molar-refractivity contribution in [3.05, 3.63) is 112 Å². The van der Waals surface area contributed by atoms with Crippen LogP contribution in [0, 0.1) is 5.82 Å². The lowest BCUT2D eigenvalue weighted by Gasteiger charge is -2.36. The second kappa shape index (κ2) is 11.8. The molecule has 1 aromatic heterocycles. The summed E-state index contributed by atoms with van der Waals surface area (Å²) in [5, 5.41) is 3.24. The molecule has 1 saturated heterocycles. The van der Waals surface area contributed by atoms with E-state index in [-0.39, 0.29) is 16.7 Å². The molecule has 5 rings (SSSR count). The number of hydrogen-bond donors (Lipinski definition) is 1. The van der Waals surface area contributed by atoms with E-state index in [4.69, 9.17) is 27.6 Å². The molecule has 2 heterocycles. The smallest absolute Gasteiger partial charge is 0.291 e. The van der Waals surface area contributed by atoms with E-state index in [0.717, 1.165) is 11.3 Å². The molecule has 4 aromatic rings. The number of nitrogens with one attached hydrogen (secondary N) is 1.